The van der Waals surface area contributed by atoms with Gasteiger partial charge in [-0.15, -0.1) is 0 Å². The number of aromatic nitrogens is 2. The number of rotatable bonds is 6. The van der Waals surface area contributed by atoms with Gasteiger partial charge in [-0.2, -0.15) is 0 Å². The first-order chi connectivity index (χ1) is 9.61. The van der Waals surface area contributed by atoms with Gasteiger partial charge in [0.25, 0.3) is 0 Å². The molecule has 0 aliphatic rings. The maximum atomic E-state index is 14.0. The first kappa shape index (κ1) is 15.2. The standard InChI is InChI=1S/C15H19BrFN3/c1-3-6-18-14(15-19-7-8-20(15)2)9-11-4-5-12(16)10-13(11)17/h4-5,7-8,10,14,18H,3,6,9H2,1-2H3. The zero-order valence-corrected chi connectivity index (χ0v) is 13.3. The number of nitrogens with zero attached hydrogens (tertiary/aromatic N) is 2. The highest BCUT2D eigenvalue weighted by molar-refractivity contribution is 9.10. The summed E-state index contributed by atoms with van der Waals surface area (Å²) in [5, 5.41) is 3.44. The van der Waals surface area contributed by atoms with Crippen LogP contribution in [0.3, 0.4) is 0 Å². The van der Waals surface area contributed by atoms with Gasteiger partial charge in [0, 0.05) is 23.9 Å². The van der Waals surface area contributed by atoms with Gasteiger partial charge in [0.15, 0.2) is 0 Å². The zero-order valence-electron chi connectivity index (χ0n) is 11.7. The number of halogens is 2. The molecule has 0 bridgehead atoms. The SMILES string of the molecule is CCCNC(Cc1ccc(Br)cc1F)c1nccn1C. The van der Waals surface area contributed by atoms with Gasteiger partial charge in [-0.25, -0.2) is 9.37 Å². The number of aryl methyl sites for hydroxylation is 1. The summed E-state index contributed by atoms with van der Waals surface area (Å²) in [6, 6.07) is 5.21. The van der Waals surface area contributed by atoms with Crippen LogP contribution in [0.5, 0.6) is 0 Å². The molecule has 1 atom stereocenters. The van der Waals surface area contributed by atoms with Crippen molar-refractivity contribution in [2.75, 3.05) is 6.54 Å². The Hall–Kier alpha value is -1.20. The molecular weight excluding hydrogens is 321 g/mol. The summed E-state index contributed by atoms with van der Waals surface area (Å²) >= 11 is 3.28. The van der Waals surface area contributed by atoms with Crippen molar-refractivity contribution in [2.24, 2.45) is 7.05 Å². The zero-order chi connectivity index (χ0) is 14.5. The van der Waals surface area contributed by atoms with Crippen LogP contribution in [0.2, 0.25) is 0 Å². The van der Waals surface area contributed by atoms with E-state index in [1.54, 1.807) is 6.20 Å². The van der Waals surface area contributed by atoms with Crippen LogP contribution < -0.4 is 5.32 Å². The van der Waals surface area contributed by atoms with Crippen molar-refractivity contribution in [3.63, 3.8) is 0 Å². The van der Waals surface area contributed by atoms with Crippen LogP contribution >= 0.6 is 15.9 Å². The molecule has 5 heteroatoms. The Labute approximate surface area is 127 Å². The van der Waals surface area contributed by atoms with E-state index in [2.05, 4.69) is 33.2 Å². The molecule has 1 unspecified atom stereocenters. The molecule has 1 aromatic carbocycles. The smallest absolute Gasteiger partial charge is 0.127 e. The fraction of sp³-hybridized carbons (Fsp3) is 0.400. The lowest BCUT2D eigenvalue weighted by Gasteiger charge is -2.19. The van der Waals surface area contributed by atoms with Crippen LogP contribution in [0.15, 0.2) is 35.1 Å². The second-order valence-electron chi connectivity index (χ2n) is 4.84. The third-order valence-electron chi connectivity index (χ3n) is 3.25. The van der Waals surface area contributed by atoms with E-state index in [4.69, 9.17) is 0 Å². The molecule has 20 heavy (non-hydrogen) atoms. The van der Waals surface area contributed by atoms with E-state index in [1.807, 2.05) is 29.9 Å². The Kier molecular flexibility index (Phi) is 5.31. The average Bonchev–Trinajstić information content (AvgIpc) is 2.83. The van der Waals surface area contributed by atoms with Crippen molar-refractivity contribution in [2.45, 2.75) is 25.8 Å². The molecule has 0 aliphatic heterocycles. The van der Waals surface area contributed by atoms with Gasteiger partial charge in [-0.3, -0.25) is 0 Å². The van der Waals surface area contributed by atoms with E-state index in [0.717, 1.165) is 23.3 Å². The fourth-order valence-electron chi connectivity index (χ4n) is 2.19. The minimum absolute atomic E-state index is 0.0191. The molecule has 2 rings (SSSR count). The van der Waals surface area contributed by atoms with Gasteiger partial charge in [0.1, 0.15) is 11.6 Å². The van der Waals surface area contributed by atoms with Crippen LogP contribution in [0.1, 0.15) is 30.8 Å². The van der Waals surface area contributed by atoms with Crippen molar-refractivity contribution >= 4 is 15.9 Å². The topological polar surface area (TPSA) is 29.9 Å². The molecule has 0 aliphatic carbocycles. The number of imidazole rings is 1. The molecule has 2 aromatic rings. The highest BCUT2D eigenvalue weighted by Crippen LogP contribution is 2.21. The molecule has 0 radical (unpaired) electrons. The maximum Gasteiger partial charge on any atom is 0.127 e. The molecule has 1 aromatic heterocycles. The van der Waals surface area contributed by atoms with E-state index in [0.29, 0.717) is 12.0 Å². The monoisotopic (exact) mass is 339 g/mol. The lowest BCUT2D eigenvalue weighted by atomic mass is 10.0. The molecule has 1 heterocycles. The van der Waals surface area contributed by atoms with Crippen LogP contribution in [-0.4, -0.2) is 16.1 Å². The Balaban J connectivity index is 2.21. The minimum atomic E-state index is -0.183. The number of hydrogen-bond acceptors (Lipinski definition) is 2. The van der Waals surface area contributed by atoms with Crippen molar-refractivity contribution in [3.05, 3.63) is 52.3 Å². The Morgan fingerprint density at radius 1 is 1.45 bits per heavy atom. The fourth-order valence-corrected chi connectivity index (χ4v) is 2.53. The number of hydrogen-bond donors (Lipinski definition) is 1. The maximum absolute atomic E-state index is 14.0. The van der Waals surface area contributed by atoms with Crippen LogP contribution in [0.25, 0.3) is 0 Å². The van der Waals surface area contributed by atoms with Crippen molar-refractivity contribution in [3.8, 4) is 0 Å². The van der Waals surface area contributed by atoms with Gasteiger partial charge < -0.3 is 9.88 Å². The summed E-state index contributed by atoms with van der Waals surface area (Å²) in [5.74, 6) is 0.748. The Morgan fingerprint density at radius 2 is 2.25 bits per heavy atom. The highest BCUT2D eigenvalue weighted by Gasteiger charge is 2.17. The normalized spacial score (nSPS) is 12.6. The predicted octanol–water partition coefficient (Wildman–Crippen LogP) is 3.61. The van der Waals surface area contributed by atoms with Gasteiger partial charge in [0.05, 0.1) is 6.04 Å². The first-order valence-corrected chi connectivity index (χ1v) is 7.55. The Bertz CT molecular complexity index is 568. The van der Waals surface area contributed by atoms with Gasteiger partial charge in [0.2, 0.25) is 0 Å². The van der Waals surface area contributed by atoms with Gasteiger partial charge in [-0.1, -0.05) is 28.9 Å². The molecule has 0 saturated carbocycles. The molecule has 0 spiro atoms. The summed E-state index contributed by atoms with van der Waals surface area (Å²) in [7, 11) is 1.96. The predicted molar refractivity (Wildman–Crippen MR) is 82.0 cm³/mol. The average molecular weight is 340 g/mol. The van der Waals surface area contributed by atoms with Crippen LogP contribution in [0.4, 0.5) is 4.39 Å². The molecule has 1 N–H and O–H groups in total. The van der Waals surface area contributed by atoms with Crippen LogP contribution in [0, 0.1) is 5.82 Å². The largest absolute Gasteiger partial charge is 0.337 e. The van der Waals surface area contributed by atoms with Crippen molar-refractivity contribution < 1.29 is 4.39 Å². The van der Waals surface area contributed by atoms with E-state index < -0.39 is 0 Å². The third-order valence-corrected chi connectivity index (χ3v) is 3.74. The quantitative estimate of drug-likeness (QED) is 0.871. The van der Waals surface area contributed by atoms with E-state index in [-0.39, 0.29) is 11.9 Å². The van der Waals surface area contributed by atoms with Crippen molar-refractivity contribution in [1.29, 1.82) is 0 Å². The molecule has 3 nitrogen and oxygen atoms in total. The number of benzene rings is 1. The second-order valence-corrected chi connectivity index (χ2v) is 5.76. The summed E-state index contributed by atoms with van der Waals surface area (Å²) in [5.41, 5.74) is 0.699. The summed E-state index contributed by atoms with van der Waals surface area (Å²) in [4.78, 5) is 4.38. The summed E-state index contributed by atoms with van der Waals surface area (Å²) in [6.45, 7) is 3.00. The van der Waals surface area contributed by atoms with Crippen LogP contribution in [-0.2, 0) is 13.5 Å². The molecular formula is C15H19BrFN3. The molecule has 0 fully saturated rings. The van der Waals surface area contributed by atoms with Crippen molar-refractivity contribution in [1.82, 2.24) is 14.9 Å². The third kappa shape index (κ3) is 3.67. The van der Waals surface area contributed by atoms with E-state index in [1.165, 1.54) is 6.07 Å². The molecule has 0 saturated heterocycles. The summed E-state index contributed by atoms with van der Waals surface area (Å²) < 4.78 is 16.7. The minimum Gasteiger partial charge on any atom is -0.337 e. The van der Waals surface area contributed by atoms with E-state index in [9.17, 15) is 4.39 Å². The molecule has 108 valence electrons. The first-order valence-electron chi connectivity index (χ1n) is 6.76. The van der Waals surface area contributed by atoms with Gasteiger partial charge >= 0.3 is 0 Å². The lowest BCUT2D eigenvalue weighted by Crippen LogP contribution is -2.27. The molecule has 0 amide bonds. The number of nitrogens with one attached hydrogen (secondary N) is 1. The van der Waals surface area contributed by atoms with E-state index >= 15 is 0 Å². The lowest BCUT2D eigenvalue weighted by molar-refractivity contribution is 0.480. The second kappa shape index (κ2) is 6.99. The van der Waals surface area contributed by atoms with Gasteiger partial charge in [-0.05, 0) is 37.1 Å². The highest BCUT2D eigenvalue weighted by atomic mass is 79.9. The summed E-state index contributed by atoms with van der Waals surface area (Å²) in [6.07, 6.45) is 5.30. The Morgan fingerprint density at radius 3 is 2.85 bits per heavy atom.